The van der Waals surface area contributed by atoms with Gasteiger partial charge in [0.15, 0.2) is 0 Å². The minimum Gasteiger partial charge on any atom is -0.309 e. The van der Waals surface area contributed by atoms with E-state index < -0.39 is 10.8 Å². The van der Waals surface area contributed by atoms with Gasteiger partial charge < -0.3 is 4.90 Å². The van der Waals surface area contributed by atoms with Gasteiger partial charge in [0.1, 0.15) is 0 Å². The molecule has 0 fully saturated rings. The second-order valence-corrected chi connectivity index (χ2v) is 19.0. The molecule has 4 aliphatic rings. The predicted octanol–water partition coefficient (Wildman–Crippen LogP) is 17.2. The summed E-state index contributed by atoms with van der Waals surface area (Å²) in [6.07, 6.45) is 0. The van der Waals surface area contributed by atoms with Gasteiger partial charge in [0.05, 0.1) is 16.5 Å². The normalized spacial score (nSPS) is 14.0. The number of rotatable bonds is 5. The second-order valence-electron chi connectivity index (χ2n) is 19.0. The molecule has 0 heterocycles. The van der Waals surface area contributed by atoms with Crippen LogP contribution in [-0.2, 0) is 10.8 Å². The lowest BCUT2D eigenvalue weighted by Gasteiger charge is -2.36. The van der Waals surface area contributed by atoms with Crippen molar-refractivity contribution in [3.05, 3.63) is 305 Å². The first-order chi connectivity index (χ1) is 34.3. The lowest BCUT2D eigenvalue weighted by molar-refractivity contribution is 0.768. The van der Waals surface area contributed by atoms with Crippen LogP contribution in [0.25, 0.3) is 66.8 Å². The predicted molar refractivity (Wildman–Crippen MR) is 285 cm³/mol. The van der Waals surface area contributed by atoms with E-state index in [4.69, 9.17) is 0 Å². The summed E-state index contributed by atoms with van der Waals surface area (Å²) >= 11 is 0. The fraction of sp³-hybridized carbons (Fsp3) is 0.0294. The standard InChI is InChI=1S/C68H43N/c1-4-20-44(21-5-1)46-36-39-49(40-37-46)69(48-24-8-3-9-25-48)66-64-54-30-14-19-35-60(54)67(56-31-15-10-26-50(56)51-27-11-16-32-57(51)67)62(64)43-63-65(66)55-41-38-47(45-22-6-2-7-23-45)42-61(55)68(63)58-33-17-12-28-52(58)53-29-13-18-34-59(53)68/h1-43H. The Morgan fingerprint density at radius 1 is 0.217 bits per heavy atom. The third kappa shape index (κ3) is 4.98. The summed E-state index contributed by atoms with van der Waals surface area (Å²) in [6.45, 7) is 0. The van der Waals surface area contributed by atoms with Crippen molar-refractivity contribution in [2.45, 2.75) is 10.8 Å². The molecule has 1 nitrogen and oxygen atoms in total. The van der Waals surface area contributed by atoms with Crippen LogP contribution in [-0.4, -0.2) is 0 Å². The number of nitrogens with zero attached hydrogens (tertiary/aromatic N) is 1. The quantitative estimate of drug-likeness (QED) is 0.167. The Morgan fingerprint density at radius 2 is 0.551 bits per heavy atom. The van der Waals surface area contributed by atoms with Crippen molar-refractivity contribution in [2.24, 2.45) is 0 Å². The lowest BCUT2D eigenvalue weighted by Crippen LogP contribution is -2.29. The lowest BCUT2D eigenvalue weighted by atomic mass is 9.67. The van der Waals surface area contributed by atoms with Crippen LogP contribution >= 0.6 is 0 Å². The van der Waals surface area contributed by atoms with E-state index in [2.05, 4.69) is 266 Å². The van der Waals surface area contributed by atoms with Crippen molar-refractivity contribution < 1.29 is 0 Å². The molecule has 69 heavy (non-hydrogen) atoms. The molecule has 11 aromatic rings. The Hall–Kier alpha value is -8.78. The molecule has 2 spiro atoms. The Labute approximate surface area is 402 Å². The largest absolute Gasteiger partial charge is 0.309 e. The first-order valence-corrected chi connectivity index (χ1v) is 24.2. The first kappa shape index (κ1) is 38.3. The summed E-state index contributed by atoms with van der Waals surface area (Å²) < 4.78 is 0. The molecule has 0 bridgehead atoms. The highest BCUT2D eigenvalue weighted by Crippen LogP contribution is 2.71. The molecule has 0 atom stereocenters. The van der Waals surface area contributed by atoms with E-state index in [9.17, 15) is 0 Å². The van der Waals surface area contributed by atoms with Crippen LogP contribution < -0.4 is 4.90 Å². The third-order valence-corrected chi connectivity index (χ3v) is 15.9. The summed E-state index contributed by atoms with van der Waals surface area (Å²) in [5.41, 5.74) is 28.0. The smallest absolute Gasteiger partial charge is 0.0726 e. The van der Waals surface area contributed by atoms with Crippen molar-refractivity contribution in [3.8, 4) is 66.8 Å². The maximum absolute atomic E-state index is 2.69. The highest BCUT2D eigenvalue weighted by Gasteiger charge is 2.58. The van der Waals surface area contributed by atoms with Crippen LogP contribution in [0.5, 0.6) is 0 Å². The maximum atomic E-state index is 2.69. The average Bonchev–Trinajstić information content (AvgIpc) is 4.11. The zero-order chi connectivity index (χ0) is 45.3. The molecular formula is C68H43N. The van der Waals surface area contributed by atoms with Crippen LogP contribution in [0.1, 0.15) is 44.5 Å². The highest BCUT2D eigenvalue weighted by atomic mass is 15.1. The van der Waals surface area contributed by atoms with Crippen molar-refractivity contribution in [1.29, 1.82) is 0 Å². The summed E-state index contributed by atoms with van der Waals surface area (Å²) in [5.74, 6) is 0. The number of hydrogen-bond acceptors (Lipinski definition) is 1. The number of hydrogen-bond donors (Lipinski definition) is 0. The summed E-state index contributed by atoms with van der Waals surface area (Å²) in [4.78, 5) is 2.59. The van der Waals surface area contributed by atoms with E-state index in [-0.39, 0.29) is 0 Å². The number of para-hydroxylation sites is 1. The van der Waals surface area contributed by atoms with Gasteiger partial charge in [-0.05, 0) is 130 Å². The molecule has 0 saturated carbocycles. The van der Waals surface area contributed by atoms with E-state index in [1.54, 1.807) is 0 Å². The van der Waals surface area contributed by atoms with E-state index in [1.807, 2.05) is 0 Å². The molecule has 0 aliphatic heterocycles. The maximum Gasteiger partial charge on any atom is 0.0726 e. The SMILES string of the molecule is c1ccc(-c2ccc(N(c3ccccc3)c3c4c(cc5c3-c3ccc(-c6ccccc6)cc3C53c5ccccc5-c5ccccc53)C3(c5ccccc5-c5ccccc53)c3ccccc3-4)cc2)cc1. The molecule has 320 valence electrons. The van der Waals surface area contributed by atoms with Crippen molar-refractivity contribution >= 4 is 17.1 Å². The van der Waals surface area contributed by atoms with Gasteiger partial charge in [0, 0.05) is 22.5 Å². The monoisotopic (exact) mass is 873 g/mol. The third-order valence-electron chi connectivity index (χ3n) is 15.9. The van der Waals surface area contributed by atoms with Crippen LogP contribution in [0.2, 0.25) is 0 Å². The highest BCUT2D eigenvalue weighted by molar-refractivity contribution is 6.11. The first-order valence-electron chi connectivity index (χ1n) is 24.2. The van der Waals surface area contributed by atoms with Gasteiger partial charge >= 0.3 is 0 Å². The average molecular weight is 874 g/mol. The van der Waals surface area contributed by atoms with Gasteiger partial charge in [-0.25, -0.2) is 0 Å². The molecule has 0 N–H and O–H groups in total. The van der Waals surface area contributed by atoms with Gasteiger partial charge in [-0.1, -0.05) is 231 Å². The number of anilines is 3. The Morgan fingerprint density at radius 3 is 1.04 bits per heavy atom. The molecule has 0 saturated heterocycles. The van der Waals surface area contributed by atoms with Gasteiger partial charge in [0.2, 0.25) is 0 Å². The van der Waals surface area contributed by atoms with Crippen LogP contribution in [0.4, 0.5) is 17.1 Å². The Balaban J connectivity index is 1.16. The molecule has 0 unspecified atom stereocenters. The van der Waals surface area contributed by atoms with Crippen molar-refractivity contribution in [1.82, 2.24) is 0 Å². The second kappa shape index (κ2) is 14.4. The van der Waals surface area contributed by atoms with Gasteiger partial charge in [-0.3, -0.25) is 0 Å². The summed E-state index contributed by atoms with van der Waals surface area (Å²) in [6, 6.07) is 98.3. The topological polar surface area (TPSA) is 3.24 Å². The Kier molecular flexibility index (Phi) is 7.98. The minimum absolute atomic E-state index is 0.578. The fourth-order valence-corrected chi connectivity index (χ4v) is 13.3. The number of fused-ring (bicyclic) bond motifs is 20. The zero-order valence-electron chi connectivity index (χ0n) is 37.8. The van der Waals surface area contributed by atoms with Crippen LogP contribution in [0, 0.1) is 0 Å². The fourth-order valence-electron chi connectivity index (χ4n) is 13.3. The van der Waals surface area contributed by atoms with E-state index in [1.165, 1.54) is 117 Å². The zero-order valence-corrected chi connectivity index (χ0v) is 37.8. The van der Waals surface area contributed by atoms with Gasteiger partial charge in [-0.2, -0.15) is 0 Å². The minimum atomic E-state index is -0.625. The summed E-state index contributed by atoms with van der Waals surface area (Å²) in [7, 11) is 0. The van der Waals surface area contributed by atoms with Gasteiger partial charge in [-0.15, -0.1) is 0 Å². The molecule has 0 aromatic heterocycles. The molecule has 1 heteroatoms. The molecule has 0 amide bonds. The molecular weight excluding hydrogens is 831 g/mol. The van der Waals surface area contributed by atoms with E-state index in [0.717, 1.165) is 11.4 Å². The summed E-state index contributed by atoms with van der Waals surface area (Å²) in [5, 5.41) is 0. The van der Waals surface area contributed by atoms with E-state index >= 15 is 0 Å². The van der Waals surface area contributed by atoms with Crippen LogP contribution in [0.3, 0.4) is 0 Å². The van der Waals surface area contributed by atoms with Crippen molar-refractivity contribution in [3.63, 3.8) is 0 Å². The van der Waals surface area contributed by atoms with Gasteiger partial charge in [0.25, 0.3) is 0 Å². The number of benzene rings is 11. The van der Waals surface area contributed by atoms with Crippen LogP contribution in [0.15, 0.2) is 261 Å². The molecule has 0 radical (unpaired) electrons. The molecule has 15 rings (SSSR count). The van der Waals surface area contributed by atoms with Crippen molar-refractivity contribution in [2.75, 3.05) is 4.90 Å². The Bertz CT molecular complexity index is 3790. The molecule has 11 aromatic carbocycles. The molecule has 4 aliphatic carbocycles. The van der Waals surface area contributed by atoms with E-state index in [0.29, 0.717) is 0 Å².